The maximum Gasteiger partial charge on any atom is 0.220 e. The van der Waals surface area contributed by atoms with Gasteiger partial charge in [0.15, 0.2) is 0 Å². The Morgan fingerprint density at radius 3 is 2.33 bits per heavy atom. The van der Waals surface area contributed by atoms with E-state index >= 15 is 0 Å². The molecule has 1 saturated heterocycles. The third-order valence-electron chi connectivity index (χ3n) is 4.96. The first kappa shape index (κ1) is 12.5. The second kappa shape index (κ2) is 5.60. The molecule has 1 heterocycles. The van der Waals surface area contributed by atoms with Gasteiger partial charge in [0, 0.05) is 18.5 Å². The fourth-order valence-electron chi connectivity index (χ4n) is 3.22. The summed E-state index contributed by atoms with van der Waals surface area (Å²) in [6.45, 7) is 2.55. The molecule has 102 valence electrons. The van der Waals surface area contributed by atoms with E-state index in [0.717, 1.165) is 24.8 Å². The van der Waals surface area contributed by atoms with Gasteiger partial charge in [-0.3, -0.25) is 4.79 Å². The third kappa shape index (κ3) is 3.25. The van der Waals surface area contributed by atoms with Gasteiger partial charge in [0.05, 0.1) is 0 Å². The predicted molar refractivity (Wildman–Crippen MR) is 72.3 cm³/mol. The van der Waals surface area contributed by atoms with E-state index in [-0.39, 0.29) is 0 Å². The van der Waals surface area contributed by atoms with Gasteiger partial charge in [0.1, 0.15) is 0 Å². The van der Waals surface area contributed by atoms with Gasteiger partial charge in [-0.25, -0.2) is 0 Å². The maximum absolute atomic E-state index is 11.6. The van der Waals surface area contributed by atoms with Gasteiger partial charge in [-0.1, -0.05) is 6.42 Å². The minimum atomic E-state index is 0.291. The summed E-state index contributed by atoms with van der Waals surface area (Å²) in [4.78, 5) is 14.3. The molecule has 1 amide bonds. The van der Waals surface area contributed by atoms with Crippen molar-refractivity contribution in [1.82, 2.24) is 10.2 Å². The average molecular weight is 250 g/mol. The van der Waals surface area contributed by atoms with Gasteiger partial charge < -0.3 is 10.2 Å². The molecule has 2 aliphatic carbocycles. The fourth-order valence-corrected chi connectivity index (χ4v) is 3.22. The molecular weight excluding hydrogens is 224 g/mol. The highest BCUT2D eigenvalue weighted by Crippen LogP contribution is 2.30. The van der Waals surface area contributed by atoms with E-state index in [1.54, 1.807) is 0 Å². The van der Waals surface area contributed by atoms with Crippen molar-refractivity contribution < 1.29 is 4.79 Å². The van der Waals surface area contributed by atoms with Crippen LogP contribution in [0.25, 0.3) is 0 Å². The lowest BCUT2D eigenvalue weighted by Crippen LogP contribution is -2.44. The zero-order valence-electron chi connectivity index (χ0n) is 11.4. The minimum Gasteiger partial charge on any atom is -0.353 e. The molecule has 0 bridgehead atoms. The SMILES string of the molecule is O=C(CCC1CCN(C2CCC2)CC1)NC1CC1. The first-order valence-electron chi connectivity index (χ1n) is 7.84. The Morgan fingerprint density at radius 1 is 1.06 bits per heavy atom. The highest BCUT2D eigenvalue weighted by molar-refractivity contribution is 5.76. The first-order valence-corrected chi connectivity index (χ1v) is 7.84. The summed E-state index contributed by atoms with van der Waals surface area (Å²) < 4.78 is 0. The van der Waals surface area contributed by atoms with Crippen LogP contribution in [0.4, 0.5) is 0 Å². The number of piperidine rings is 1. The summed E-state index contributed by atoms with van der Waals surface area (Å²) in [5.41, 5.74) is 0. The molecule has 3 heteroatoms. The summed E-state index contributed by atoms with van der Waals surface area (Å²) in [6.07, 6.45) is 11.2. The van der Waals surface area contributed by atoms with Crippen molar-refractivity contribution in [3.8, 4) is 0 Å². The Labute approximate surface area is 110 Å². The van der Waals surface area contributed by atoms with Crippen LogP contribution in [0.15, 0.2) is 0 Å². The van der Waals surface area contributed by atoms with Crippen LogP contribution in [0.3, 0.4) is 0 Å². The Morgan fingerprint density at radius 2 is 1.78 bits per heavy atom. The third-order valence-corrected chi connectivity index (χ3v) is 4.96. The van der Waals surface area contributed by atoms with Crippen molar-refractivity contribution in [2.45, 2.75) is 69.9 Å². The molecule has 1 N–H and O–H groups in total. The van der Waals surface area contributed by atoms with E-state index in [2.05, 4.69) is 10.2 Å². The van der Waals surface area contributed by atoms with Crippen molar-refractivity contribution in [2.24, 2.45) is 5.92 Å². The summed E-state index contributed by atoms with van der Waals surface area (Å²) >= 11 is 0. The molecule has 3 fully saturated rings. The van der Waals surface area contributed by atoms with Gasteiger partial charge in [0.25, 0.3) is 0 Å². The quantitative estimate of drug-likeness (QED) is 0.812. The van der Waals surface area contributed by atoms with E-state index in [1.165, 1.54) is 58.0 Å². The van der Waals surface area contributed by atoms with Crippen LogP contribution >= 0.6 is 0 Å². The molecule has 0 aromatic rings. The molecule has 0 unspecified atom stereocenters. The van der Waals surface area contributed by atoms with Crippen LogP contribution in [-0.2, 0) is 4.79 Å². The lowest BCUT2D eigenvalue weighted by molar-refractivity contribution is -0.121. The summed E-state index contributed by atoms with van der Waals surface area (Å²) in [5.74, 6) is 1.09. The lowest BCUT2D eigenvalue weighted by Gasteiger charge is -2.41. The van der Waals surface area contributed by atoms with Crippen LogP contribution in [-0.4, -0.2) is 36.0 Å². The van der Waals surface area contributed by atoms with E-state index in [1.807, 2.05) is 0 Å². The van der Waals surface area contributed by atoms with Crippen LogP contribution in [0.1, 0.15) is 57.8 Å². The van der Waals surface area contributed by atoms with Gasteiger partial charge in [-0.2, -0.15) is 0 Å². The molecule has 1 aliphatic heterocycles. The number of hydrogen-bond acceptors (Lipinski definition) is 2. The standard InChI is InChI=1S/C15H26N2O/c18-15(16-13-5-6-13)7-4-12-8-10-17(11-9-12)14-2-1-3-14/h12-14H,1-11H2,(H,16,18). The first-order chi connectivity index (χ1) is 8.81. The molecule has 0 aromatic heterocycles. The molecule has 3 rings (SSSR count). The van der Waals surface area contributed by atoms with Crippen LogP contribution in [0, 0.1) is 5.92 Å². The van der Waals surface area contributed by atoms with E-state index < -0.39 is 0 Å². The van der Waals surface area contributed by atoms with Gasteiger partial charge in [0.2, 0.25) is 5.91 Å². The Balaban J connectivity index is 1.30. The zero-order valence-corrected chi connectivity index (χ0v) is 11.4. The minimum absolute atomic E-state index is 0.291. The molecule has 0 aromatic carbocycles. The molecule has 0 atom stereocenters. The molecule has 0 radical (unpaired) electrons. The molecule has 0 spiro atoms. The van der Waals surface area contributed by atoms with Crippen LogP contribution in [0.2, 0.25) is 0 Å². The maximum atomic E-state index is 11.6. The van der Waals surface area contributed by atoms with Gasteiger partial charge in [-0.05, 0) is 64.0 Å². The van der Waals surface area contributed by atoms with E-state index in [4.69, 9.17) is 0 Å². The molecule has 3 aliphatic rings. The number of rotatable bonds is 5. The number of carbonyl (C=O) groups excluding carboxylic acids is 1. The van der Waals surface area contributed by atoms with E-state index in [9.17, 15) is 4.79 Å². The smallest absolute Gasteiger partial charge is 0.220 e. The molecule has 3 nitrogen and oxygen atoms in total. The van der Waals surface area contributed by atoms with Crippen molar-refractivity contribution in [1.29, 1.82) is 0 Å². The normalized spacial score (nSPS) is 26.9. The van der Waals surface area contributed by atoms with Crippen LogP contribution < -0.4 is 5.32 Å². The van der Waals surface area contributed by atoms with Gasteiger partial charge >= 0.3 is 0 Å². The Kier molecular flexibility index (Phi) is 3.88. The fraction of sp³-hybridized carbons (Fsp3) is 0.933. The number of carbonyl (C=O) groups is 1. The van der Waals surface area contributed by atoms with Crippen molar-refractivity contribution >= 4 is 5.91 Å². The highest BCUT2D eigenvalue weighted by Gasteiger charge is 2.29. The number of nitrogens with zero attached hydrogens (tertiary/aromatic N) is 1. The van der Waals surface area contributed by atoms with Crippen molar-refractivity contribution in [3.63, 3.8) is 0 Å². The van der Waals surface area contributed by atoms with Gasteiger partial charge in [-0.15, -0.1) is 0 Å². The number of nitrogens with one attached hydrogen (secondary N) is 1. The highest BCUT2D eigenvalue weighted by atomic mass is 16.1. The predicted octanol–water partition coefficient (Wildman–Crippen LogP) is 2.31. The number of amides is 1. The van der Waals surface area contributed by atoms with Crippen molar-refractivity contribution in [2.75, 3.05) is 13.1 Å². The monoisotopic (exact) mass is 250 g/mol. The molecule has 2 saturated carbocycles. The summed E-state index contributed by atoms with van der Waals surface area (Å²) in [5, 5.41) is 3.09. The van der Waals surface area contributed by atoms with E-state index in [0.29, 0.717) is 11.9 Å². The topological polar surface area (TPSA) is 32.3 Å². The second-order valence-electron chi connectivity index (χ2n) is 6.44. The Bertz CT molecular complexity index is 289. The Hall–Kier alpha value is -0.570. The number of likely N-dealkylation sites (tertiary alicyclic amines) is 1. The van der Waals surface area contributed by atoms with Crippen molar-refractivity contribution in [3.05, 3.63) is 0 Å². The zero-order chi connectivity index (χ0) is 12.4. The summed E-state index contributed by atoms with van der Waals surface area (Å²) in [7, 11) is 0. The number of hydrogen-bond donors (Lipinski definition) is 1. The molecular formula is C15H26N2O. The average Bonchev–Trinajstić information content (AvgIpc) is 3.10. The molecule has 18 heavy (non-hydrogen) atoms. The lowest BCUT2D eigenvalue weighted by atomic mass is 9.86. The summed E-state index contributed by atoms with van der Waals surface area (Å²) in [6, 6.07) is 1.43. The van der Waals surface area contributed by atoms with Crippen LogP contribution in [0.5, 0.6) is 0 Å². The largest absolute Gasteiger partial charge is 0.353 e. The second-order valence-corrected chi connectivity index (χ2v) is 6.44.